The summed E-state index contributed by atoms with van der Waals surface area (Å²) in [5, 5.41) is 2.35. The maximum Gasteiger partial charge on any atom is 0.287 e. The van der Waals surface area contributed by atoms with E-state index < -0.39 is 23.1 Å². The molecule has 0 radical (unpaired) electrons. The van der Waals surface area contributed by atoms with Crippen LogP contribution in [0.1, 0.15) is 29.5 Å². The Bertz CT molecular complexity index is 1370. The van der Waals surface area contributed by atoms with Crippen molar-refractivity contribution in [2.75, 3.05) is 26.3 Å². The van der Waals surface area contributed by atoms with E-state index in [2.05, 4.69) is 15.3 Å². The number of fused-ring (bicyclic) bond motifs is 1. The molecule has 1 aliphatic rings. The Kier molecular flexibility index (Phi) is 7.80. The summed E-state index contributed by atoms with van der Waals surface area (Å²) in [5.74, 6) is -2.64. The second-order valence-corrected chi connectivity index (χ2v) is 8.62. The molecule has 3 aromatic rings. The molecule has 0 aliphatic carbocycles. The van der Waals surface area contributed by atoms with Crippen LogP contribution in [0.15, 0.2) is 35.1 Å². The fraction of sp³-hybridized carbons (Fsp3) is 0.333. The van der Waals surface area contributed by atoms with Crippen molar-refractivity contribution in [2.45, 2.75) is 26.0 Å². The van der Waals surface area contributed by atoms with Gasteiger partial charge >= 0.3 is 0 Å². The fourth-order valence-corrected chi connectivity index (χ4v) is 4.02. The monoisotopic (exact) mass is 520 g/mol. The van der Waals surface area contributed by atoms with Crippen LogP contribution in [0.25, 0.3) is 10.9 Å². The third-order valence-corrected chi connectivity index (χ3v) is 5.99. The van der Waals surface area contributed by atoms with Gasteiger partial charge in [-0.05, 0) is 29.8 Å². The molecule has 1 aromatic heterocycles. The average molecular weight is 521 g/mol. The van der Waals surface area contributed by atoms with Crippen LogP contribution < -0.4 is 15.6 Å². The van der Waals surface area contributed by atoms with Crippen molar-refractivity contribution in [3.8, 4) is 5.75 Å². The lowest BCUT2D eigenvalue weighted by molar-refractivity contribution is -0.136. The minimum atomic E-state index is -0.755. The molecule has 2 amide bonds. The molecule has 1 aliphatic heterocycles. The topological polar surface area (TPSA) is 114 Å². The van der Waals surface area contributed by atoms with Gasteiger partial charge in [-0.25, -0.2) is 13.8 Å². The predicted molar refractivity (Wildman–Crippen MR) is 127 cm³/mol. The Labute approximate surface area is 209 Å². The van der Waals surface area contributed by atoms with Crippen molar-refractivity contribution >= 4 is 34.3 Å². The molecule has 1 fully saturated rings. The number of hydrogen-bond acceptors (Lipinski definition) is 6. The summed E-state index contributed by atoms with van der Waals surface area (Å²) in [6, 6.07) is 6.38. The van der Waals surface area contributed by atoms with E-state index in [1.807, 2.05) is 0 Å². The van der Waals surface area contributed by atoms with Gasteiger partial charge in [0.1, 0.15) is 11.2 Å². The van der Waals surface area contributed by atoms with Gasteiger partial charge in [-0.3, -0.25) is 14.4 Å². The first-order valence-corrected chi connectivity index (χ1v) is 11.6. The van der Waals surface area contributed by atoms with Gasteiger partial charge in [-0.15, -0.1) is 0 Å². The summed E-state index contributed by atoms with van der Waals surface area (Å²) < 4.78 is 39.1. The molecule has 2 heterocycles. The van der Waals surface area contributed by atoms with Gasteiger partial charge in [0.05, 0.1) is 29.9 Å². The zero-order valence-electron chi connectivity index (χ0n) is 19.3. The molecule has 1 atom stereocenters. The van der Waals surface area contributed by atoms with Gasteiger partial charge in [0.2, 0.25) is 5.91 Å². The largest absolute Gasteiger partial charge is 0.489 e. The highest BCUT2D eigenvalue weighted by atomic mass is 35.5. The van der Waals surface area contributed by atoms with Gasteiger partial charge in [0, 0.05) is 33.0 Å². The first kappa shape index (κ1) is 25.5. The lowest BCUT2D eigenvalue weighted by Gasteiger charge is -2.32. The molecule has 2 aromatic carbocycles. The third-order valence-electron chi connectivity index (χ3n) is 5.70. The number of aromatic nitrogens is 2. The first-order chi connectivity index (χ1) is 17.2. The van der Waals surface area contributed by atoms with Crippen LogP contribution in [0.5, 0.6) is 5.75 Å². The molecular weight excluding hydrogens is 498 g/mol. The van der Waals surface area contributed by atoms with Crippen molar-refractivity contribution in [3.63, 3.8) is 0 Å². The summed E-state index contributed by atoms with van der Waals surface area (Å²) in [7, 11) is 0. The van der Waals surface area contributed by atoms with Gasteiger partial charge < -0.3 is 24.7 Å². The van der Waals surface area contributed by atoms with E-state index in [1.54, 1.807) is 4.90 Å². The number of ether oxygens (including phenoxy) is 2. The zero-order valence-corrected chi connectivity index (χ0v) is 20.0. The summed E-state index contributed by atoms with van der Waals surface area (Å²) >= 11 is 5.75. The van der Waals surface area contributed by atoms with E-state index in [1.165, 1.54) is 31.2 Å². The molecule has 0 saturated carbocycles. The van der Waals surface area contributed by atoms with E-state index in [-0.39, 0.29) is 52.7 Å². The number of aromatic amines is 1. The summed E-state index contributed by atoms with van der Waals surface area (Å²) in [4.78, 5) is 45.0. The Morgan fingerprint density at radius 3 is 2.81 bits per heavy atom. The van der Waals surface area contributed by atoms with Gasteiger partial charge in [0.25, 0.3) is 11.5 Å². The number of amides is 2. The van der Waals surface area contributed by atoms with Crippen LogP contribution in [0.4, 0.5) is 8.78 Å². The fourth-order valence-electron chi connectivity index (χ4n) is 3.81. The van der Waals surface area contributed by atoms with Crippen molar-refractivity contribution in [3.05, 3.63) is 68.7 Å². The molecule has 9 nitrogen and oxygen atoms in total. The molecular formula is C24H23ClF2N4O5. The minimum Gasteiger partial charge on any atom is -0.489 e. The Hall–Kier alpha value is -3.57. The molecule has 36 heavy (non-hydrogen) atoms. The predicted octanol–water partition coefficient (Wildman–Crippen LogP) is 2.80. The highest BCUT2D eigenvalue weighted by Crippen LogP contribution is 2.26. The molecule has 2 N–H and O–H groups in total. The van der Waals surface area contributed by atoms with Crippen molar-refractivity contribution in [1.82, 2.24) is 20.2 Å². The van der Waals surface area contributed by atoms with Crippen molar-refractivity contribution in [2.24, 2.45) is 0 Å². The summed E-state index contributed by atoms with van der Waals surface area (Å²) in [5.41, 5.74) is -0.132. The van der Waals surface area contributed by atoms with Crippen molar-refractivity contribution < 1.29 is 27.8 Å². The normalized spacial score (nSPS) is 15.7. The molecule has 1 unspecified atom stereocenters. The molecule has 12 heteroatoms. The highest BCUT2D eigenvalue weighted by molar-refractivity contribution is 6.30. The Morgan fingerprint density at radius 1 is 1.28 bits per heavy atom. The number of hydrogen-bond donors (Lipinski definition) is 2. The number of nitrogens with zero attached hydrogens (tertiary/aromatic N) is 2. The van der Waals surface area contributed by atoms with E-state index in [9.17, 15) is 23.2 Å². The number of benzene rings is 2. The maximum atomic E-state index is 14.6. The molecule has 0 spiro atoms. The van der Waals surface area contributed by atoms with Crippen LogP contribution in [-0.4, -0.2) is 59.1 Å². The van der Waals surface area contributed by atoms with Crippen LogP contribution in [0, 0.1) is 11.6 Å². The number of carbonyl (C=O) groups is 2. The summed E-state index contributed by atoms with van der Waals surface area (Å²) in [6.45, 7) is 2.85. The quantitative estimate of drug-likeness (QED) is 0.495. The van der Waals surface area contributed by atoms with Gasteiger partial charge in [-0.2, -0.15) is 0 Å². The molecule has 0 bridgehead atoms. The average Bonchev–Trinajstić information content (AvgIpc) is 2.86. The molecule has 190 valence electrons. The number of nitrogens with one attached hydrogen (secondary N) is 2. The second-order valence-electron chi connectivity index (χ2n) is 8.21. The molecule has 4 rings (SSSR count). The Morgan fingerprint density at radius 2 is 2.06 bits per heavy atom. The maximum absolute atomic E-state index is 14.6. The summed E-state index contributed by atoms with van der Waals surface area (Å²) in [6.07, 6.45) is 0.0992. The van der Waals surface area contributed by atoms with Gasteiger partial charge in [-0.1, -0.05) is 17.7 Å². The van der Waals surface area contributed by atoms with E-state index in [4.69, 9.17) is 21.1 Å². The lowest BCUT2D eigenvalue weighted by Crippen LogP contribution is -2.45. The van der Waals surface area contributed by atoms with Crippen LogP contribution in [-0.2, 0) is 16.1 Å². The smallest absolute Gasteiger partial charge is 0.287 e. The number of H-pyrrole nitrogens is 1. The number of halogens is 3. The minimum absolute atomic E-state index is 0.0165. The highest BCUT2D eigenvalue weighted by Gasteiger charge is 2.23. The van der Waals surface area contributed by atoms with Crippen LogP contribution in [0.2, 0.25) is 5.02 Å². The third kappa shape index (κ3) is 5.80. The van der Waals surface area contributed by atoms with E-state index in [0.29, 0.717) is 31.7 Å². The SMILES string of the molecule is CC(=O)N1CCOC(CCOc2c(F)ccc3nc(C(=O)NCc4ccc(F)c(Cl)c4)[nH]c(=O)c23)C1. The van der Waals surface area contributed by atoms with Crippen LogP contribution >= 0.6 is 11.6 Å². The van der Waals surface area contributed by atoms with E-state index >= 15 is 0 Å². The van der Waals surface area contributed by atoms with Crippen molar-refractivity contribution in [1.29, 1.82) is 0 Å². The standard InChI is InChI=1S/C24H23ClF2N4O5/c1-13(32)31-7-9-35-15(12-31)6-8-36-21-18(27)4-5-19-20(21)23(33)30-22(29-19)24(34)28-11-14-2-3-17(26)16(25)10-14/h2-5,10,15H,6-9,11-12H2,1H3,(H,28,34)(H,29,30,33). The van der Waals surface area contributed by atoms with Crippen LogP contribution in [0.3, 0.4) is 0 Å². The lowest BCUT2D eigenvalue weighted by atomic mass is 10.2. The Balaban J connectivity index is 1.46. The van der Waals surface area contributed by atoms with E-state index in [0.717, 1.165) is 6.07 Å². The number of rotatable bonds is 7. The van der Waals surface area contributed by atoms with Gasteiger partial charge in [0.15, 0.2) is 17.4 Å². The molecule has 1 saturated heterocycles. The number of carbonyl (C=O) groups excluding carboxylic acids is 2. The number of morpholine rings is 1. The second kappa shape index (κ2) is 11.0. The zero-order chi connectivity index (χ0) is 25.8. The first-order valence-electron chi connectivity index (χ1n) is 11.2.